The van der Waals surface area contributed by atoms with Gasteiger partial charge in [0.1, 0.15) is 11.3 Å². The van der Waals surface area contributed by atoms with Gasteiger partial charge >= 0.3 is 5.97 Å². The Morgan fingerprint density at radius 3 is 2.10 bits per heavy atom. The third kappa shape index (κ3) is 4.46. The van der Waals surface area contributed by atoms with Gasteiger partial charge in [-0.1, -0.05) is 43.5 Å². The van der Waals surface area contributed by atoms with Gasteiger partial charge in [-0.15, -0.1) is 0 Å². The Morgan fingerprint density at radius 2 is 1.57 bits per heavy atom. The minimum absolute atomic E-state index is 0.189. The van der Waals surface area contributed by atoms with Crippen LogP contribution in [0.3, 0.4) is 0 Å². The van der Waals surface area contributed by atoms with Crippen LogP contribution in [-0.2, 0) is 9.53 Å². The maximum atomic E-state index is 12.8. The summed E-state index contributed by atoms with van der Waals surface area (Å²) in [5.74, 6) is -0.766. The Balaban J connectivity index is 1.65. The highest BCUT2D eigenvalue weighted by molar-refractivity contribution is 5.93. The van der Waals surface area contributed by atoms with Crippen LogP contribution in [-0.4, -0.2) is 40.6 Å². The van der Waals surface area contributed by atoms with E-state index in [4.69, 9.17) is 4.74 Å². The molecule has 0 radical (unpaired) electrons. The maximum Gasteiger partial charge on any atom is 0.338 e. The van der Waals surface area contributed by atoms with Gasteiger partial charge in [0.05, 0.1) is 11.6 Å². The summed E-state index contributed by atoms with van der Waals surface area (Å²) in [5.41, 5.74) is 1.32. The highest BCUT2D eigenvalue weighted by Crippen LogP contribution is 2.33. The fourth-order valence-corrected chi connectivity index (χ4v) is 3.87. The summed E-state index contributed by atoms with van der Waals surface area (Å²) in [7, 11) is 1.62. The van der Waals surface area contributed by atoms with Crippen LogP contribution < -0.4 is 0 Å². The number of nitrogens with zero attached hydrogens (tertiary/aromatic N) is 2. The highest BCUT2D eigenvalue weighted by Gasteiger charge is 2.40. The van der Waals surface area contributed by atoms with Crippen LogP contribution in [0.1, 0.15) is 49.4 Å². The van der Waals surface area contributed by atoms with Gasteiger partial charge in [0.25, 0.3) is 5.91 Å². The fourth-order valence-electron chi connectivity index (χ4n) is 3.87. The van der Waals surface area contributed by atoms with Crippen LogP contribution in [0.5, 0.6) is 5.75 Å². The van der Waals surface area contributed by atoms with Gasteiger partial charge in [-0.2, -0.15) is 5.26 Å². The molecule has 0 aliphatic heterocycles. The van der Waals surface area contributed by atoms with E-state index in [9.17, 15) is 20.0 Å². The van der Waals surface area contributed by atoms with Gasteiger partial charge in [-0.25, -0.2) is 4.79 Å². The average Bonchev–Trinajstić information content (AvgIpc) is 2.79. The van der Waals surface area contributed by atoms with Crippen LogP contribution in [0.25, 0.3) is 11.1 Å². The first kappa shape index (κ1) is 21.4. The van der Waals surface area contributed by atoms with E-state index in [2.05, 4.69) is 6.07 Å². The summed E-state index contributed by atoms with van der Waals surface area (Å²) in [6.45, 7) is 1.54. The van der Waals surface area contributed by atoms with Crippen LogP contribution in [0, 0.1) is 11.3 Å². The van der Waals surface area contributed by atoms with Crippen molar-refractivity contribution in [1.82, 2.24) is 4.90 Å². The third-order valence-electron chi connectivity index (χ3n) is 5.81. The number of hydrogen-bond acceptors (Lipinski definition) is 5. The smallest absolute Gasteiger partial charge is 0.338 e. The molecule has 1 amide bonds. The van der Waals surface area contributed by atoms with E-state index in [0.29, 0.717) is 18.4 Å². The second-order valence-electron chi connectivity index (χ2n) is 7.77. The van der Waals surface area contributed by atoms with Crippen LogP contribution >= 0.6 is 0 Å². The van der Waals surface area contributed by atoms with Crippen molar-refractivity contribution >= 4 is 11.9 Å². The summed E-state index contributed by atoms with van der Waals surface area (Å²) in [6.07, 6.45) is 3.19. The van der Waals surface area contributed by atoms with Crippen molar-refractivity contribution in [1.29, 1.82) is 5.26 Å². The quantitative estimate of drug-likeness (QED) is 0.748. The number of carbonyl (C=O) groups excluding carboxylic acids is 2. The maximum absolute atomic E-state index is 12.8. The lowest BCUT2D eigenvalue weighted by atomic mass is 9.81. The van der Waals surface area contributed by atoms with Crippen LogP contribution in [0.2, 0.25) is 0 Å². The predicted octanol–water partition coefficient (Wildman–Crippen LogP) is 4.29. The molecule has 0 unspecified atom stereocenters. The number of rotatable bonds is 5. The molecule has 156 valence electrons. The van der Waals surface area contributed by atoms with Crippen LogP contribution in [0.4, 0.5) is 0 Å². The van der Waals surface area contributed by atoms with E-state index in [-0.39, 0.29) is 11.7 Å². The van der Waals surface area contributed by atoms with Crippen molar-refractivity contribution in [2.75, 3.05) is 7.05 Å². The van der Waals surface area contributed by atoms with E-state index < -0.39 is 17.6 Å². The van der Waals surface area contributed by atoms with Crippen LogP contribution in [0.15, 0.2) is 48.5 Å². The molecule has 0 bridgehead atoms. The van der Waals surface area contributed by atoms with Crippen molar-refractivity contribution in [2.45, 2.75) is 50.7 Å². The van der Waals surface area contributed by atoms with Crippen molar-refractivity contribution in [3.8, 4) is 22.9 Å². The average molecular weight is 406 g/mol. The number of benzene rings is 2. The Bertz CT molecular complexity index is 939. The first-order valence-electron chi connectivity index (χ1n) is 10.2. The molecule has 1 atom stereocenters. The zero-order chi connectivity index (χ0) is 21.7. The van der Waals surface area contributed by atoms with Crippen molar-refractivity contribution in [3.05, 3.63) is 54.1 Å². The van der Waals surface area contributed by atoms with Gasteiger partial charge in [0.15, 0.2) is 6.10 Å². The minimum Gasteiger partial charge on any atom is -0.508 e. The first-order valence-corrected chi connectivity index (χ1v) is 10.2. The molecule has 1 aliphatic rings. The molecule has 2 aromatic carbocycles. The first-order chi connectivity index (χ1) is 14.4. The molecule has 6 heteroatoms. The van der Waals surface area contributed by atoms with E-state index in [0.717, 1.165) is 30.4 Å². The number of nitriles is 1. The number of phenols is 1. The van der Waals surface area contributed by atoms with Gasteiger partial charge in [-0.05, 0) is 55.2 Å². The second kappa shape index (κ2) is 9.00. The molecule has 0 spiro atoms. The number of phenolic OH excluding ortho intramolecular Hbond substituents is 1. The molecule has 30 heavy (non-hydrogen) atoms. The molecule has 0 saturated heterocycles. The Hall–Kier alpha value is -3.33. The molecule has 1 N–H and O–H groups in total. The summed E-state index contributed by atoms with van der Waals surface area (Å²) in [5, 5.41) is 19.1. The second-order valence-corrected chi connectivity index (χ2v) is 7.77. The lowest BCUT2D eigenvalue weighted by Crippen LogP contribution is -2.53. The van der Waals surface area contributed by atoms with Gasteiger partial charge in [0, 0.05) is 7.05 Å². The SMILES string of the molecule is C[C@@H](OC(=O)c1ccc(-c2ccc(O)cc2)cc1)C(=O)N(C)C1(C#N)CCCCC1. The normalized spacial score (nSPS) is 16.2. The topological polar surface area (TPSA) is 90.6 Å². The minimum atomic E-state index is -0.980. The molecule has 0 heterocycles. The van der Waals surface area contributed by atoms with Crippen molar-refractivity contribution in [3.63, 3.8) is 0 Å². The molecule has 3 rings (SSSR count). The van der Waals surface area contributed by atoms with Gasteiger partial charge in [0.2, 0.25) is 0 Å². The zero-order valence-electron chi connectivity index (χ0n) is 17.3. The molecular weight excluding hydrogens is 380 g/mol. The predicted molar refractivity (Wildman–Crippen MR) is 113 cm³/mol. The molecule has 0 aromatic heterocycles. The van der Waals surface area contributed by atoms with Gasteiger partial charge < -0.3 is 14.7 Å². The molecule has 6 nitrogen and oxygen atoms in total. The standard InChI is InChI=1S/C24H26N2O4/c1-17(22(28)26(2)24(16-25)14-4-3-5-15-24)30-23(29)20-8-6-18(7-9-20)19-10-12-21(27)13-11-19/h6-13,17,27H,3-5,14-15H2,1-2H3/t17-/m1/s1. The van der Waals surface area contributed by atoms with Crippen molar-refractivity contribution in [2.24, 2.45) is 0 Å². The largest absolute Gasteiger partial charge is 0.508 e. The number of likely N-dealkylation sites (N-methyl/N-ethyl adjacent to an activating group) is 1. The fraction of sp³-hybridized carbons (Fsp3) is 0.375. The number of ether oxygens (including phenoxy) is 1. The van der Waals surface area contributed by atoms with Crippen molar-refractivity contribution < 1.29 is 19.4 Å². The highest BCUT2D eigenvalue weighted by atomic mass is 16.5. The number of amides is 1. The summed E-state index contributed by atoms with van der Waals surface area (Å²) in [6, 6.07) is 15.9. The van der Waals surface area contributed by atoms with E-state index in [1.807, 2.05) is 0 Å². The summed E-state index contributed by atoms with van der Waals surface area (Å²) in [4.78, 5) is 26.8. The summed E-state index contributed by atoms with van der Waals surface area (Å²) < 4.78 is 5.39. The Kier molecular flexibility index (Phi) is 6.41. The molecule has 1 aliphatic carbocycles. The lowest BCUT2D eigenvalue weighted by molar-refractivity contribution is -0.143. The van der Waals surface area contributed by atoms with Gasteiger partial charge in [-0.3, -0.25) is 4.79 Å². The van der Waals surface area contributed by atoms with E-state index in [1.54, 1.807) is 55.6 Å². The Morgan fingerprint density at radius 1 is 1.03 bits per heavy atom. The lowest BCUT2D eigenvalue weighted by Gasteiger charge is -2.39. The van der Waals surface area contributed by atoms with E-state index in [1.165, 1.54) is 11.8 Å². The number of aromatic hydroxyl groups is 1. The Labute approximate surface area is 176 Å². The monoisotopic (exact) mass is 406 g/mol. The number of carbonyl (C=O) groups is 2. The third-order valence-corrected chi connectivity index (χ3v) is 5.81. The zero-order valence-corrected chi connectivity index (χ0v) is 17.3. The molecule has 2 aromatic rings. The molecule has 1 fully saturated rings. The number of esters is 1. The molecular formula is C24H26N2O4. The summed E-state index contributed by atoms with van der Waals surface area (Å²) >= 11 is 0. The van der Waals surface area contributed by atoms with E-state index >= 15 is 0 Å². The number of hydrogen-bond donors (Lipinski definition) is 1. The molecule has 1 saturated carbocycles.